The lowest BCUT2D eigenvalue weighted by Crippen LogP contribution is -2.65. The molecule has 7 heteroatoms. The normalized spacial score (nSPS) is 27.8. The van der Waals surface area contributed by atoms with Gasteiger partial charge in [-0.15, -0.1) is 0 Å². The monoisotopic (exact) mass is 432 g/mol. The van der Waals surface area contributed by atoms with Crippen molar-refractivity contribution in [1.29, 1.82) is 0 Å². The molecule has 1 aliphatic rings. The molecule has 0 aliphatic carbocycles. The number of methoxy groups -OCH3 is 1. The van der Waals surface area contributed by atoms with Crippen LogP contribution < -0.4 is 10.4 Å². The van der Waals surface area contributed by atoms with Gasteiger partial charge in [0.25, 0.3) is 8.32 Å². The Morgan fingerprint density at radius 3 is 1.83 bits per heavy atom. The maximum Gasteiger partial charge on any atom is 0.258 e. The van der Waals surface area contributed by atoms with Gasteiger partial charge in [0.15, 0.2) is 6.29 Å². The predicted molar refractivity (Wildman–Crippen MR) is 117 cm³/mol. The van der Waals surface area contributed by atoms with Gasteiger partial charge in [-0.05, 0) is 28.3 Å². The molecule has 1 fully saturated rings. The summed E-state index contributed by atoms with van der Waals surface area (Å²) in [7, 11) is -1.79. The third-order valence-corrected chi connectivity index (χ3v) is 10.9. The molecule has 4 N–H and O–H groups in total. The molecule has 0 bridgehead atoms. The number of hydrogen-bond acceptors (Lipinski definition) is 6. The van der Waals surface area contributed by atoms with Gasteiger partial charge in [0, 0.05) is 7.11 Å². The molecule has 0 amide bonds. The van der Waals surface area contributed by atoms with E-state index in [1.165, 1.54) is 7.11 Å². The molecule has 5 atom stereocenters. The van der Waals surface area contributed by atoms with Crippen LogP contribution in [0.25, 0.3) is 0 Å². The molecule has 3 rings (SSSR count). The third-order valence-electron chi connectivity index (χ3n) is 6.32. The van der Waals surface area contributed by atoms with Crippen LogP contribution in [0.15, 0.2) is 60.7 Å². The van der Waals surface area contributed by atoms with Crippen LogP contribution in [0.3, 0.4) is 0 Å². The van der Waals surface area contributed by atoms with Gasteiger partial charge in [0.05, 0.1) is 6.10 Å². The second-order valence-electron chi connectivity index (χ2n) is 8.62. The average Bonchev–Trinajstić information content (AvgIpc) is 2.77. The second kappa shape index (κ2) is 9.28. The first kappa shape index (κ1) is 23.1. The molecule has 0 saturated carbocycles. The fourth-order valence-corrected chi connectivity index (χ4v) is 8.09. The first-order valence-corrected chi connectivity index (χ1v) is 12.2. The van der Waals surface area contributed by atoms with Gasteiger partial charge in [-0.2, -0.15) is 0 Å². The zero-order valence-electron chi connectivity index (χ0n) is 17.7. The topological polar surface area (TPSA) is 99.4 Å². The van der Waals surface area contributed by atoms with Crippen LogP contribution in [0.1, 0.15) is 26.7 Å². The summed E-state index contributed by atoms with van der Waals surface area (Å²) in [5.41, 5.74) is 0. The Morgan fingerprint density at radius 1 is 0.867 bits per heavy atom. The molecule has 0 radical (unpaired) electrons. The lowest BCUT2D eigenvalue weighted by Gasteiger charge is -2.44. The zero-order valence-corrected chi connectivity index (χ0v) is 18.7. The highest BCUT2D eigenvalue weighted by molar-refractivity contribution is 6.98. The predicted octanol–water partition coefficient (Wildman–Crippen LogP) is 0.753. The van der Waals surface area contributed by atoms with Gasteiger partial charge in [0.2, 0.25) is 0 Å². The molecule has 1 saturated heterocycles. The minimum absolute atomic E-state index is 0.396. The van der Waals surface area contributed by atoms with Crippen LogP contribution in [0.2, 0.25) is 5.04 Å². The minimum atomic E-state index is -3.17. The fourth-order valence-electron chi connectivity index (χ4n) is 4.34. The Bertz CT molecular complexity index is 758. The summed E-state index contributed by atoms with van der Waals surface area (Å²) >= 11 is 0. The van der Waals surface area contributed by atoms with E-state index in [0.29, 0.717) is 12.8 Å². The molecule has 2 aromatic rings. The molecule has 30 heavy (non-hydrogen) atoms. The molecule has 1 heterocycles. The van der Waals surface area contributed by atoms with Gasteiger partial charge >= 0.3 is 0 Å². The SMILES string of the molecule is COC1OC(CCC(C)(C)[Si](O)(c2ccccc2)c2ccccc2)[C@H](O)C(O)[C@@H]1O. The molecule has 3 unspecified atom stereocenters. The Labute approximate surface area is 178 Å². The third kappa shape index (κ3) is 4.24. The summed E-state index contributed by atoms with van der Waals surface area (Å²) in [5, 5.41) is 31.9. The van der Waals surface area contributed by atoms with Crippen LogP contribution in [0.5, 0.6) is 0 Å². The summed E-state index contributed by atoms with van der Waals surface area (Å²) in [6.45, 7) is 4.07. The molecular formula is C23H32O6Si. The van der Waals surface area contributed by atoms with Crippen molar-refractivity contribution in [3.8, 4) is 0 Å². The standard InChI is InChI=1S/C23H32O6Si/c1-23(2,15-14-18-19(24)20(25)21(26)22(28-3)29-18)30(27,16-10-6-4-7-11-16)17-12-8-5-9-13-17/h4-13,18-22,24-27H,14-15H2,1-3H3/t18?,19-,20?,21-,22?/m0/s1. The first-order valence-electron chi connectivity index (χ1n) is 10.3. The van der Waals surface area contributed by atoms with Crippen LogP contribution >= 0.6 is 0 Å². The molecule has 0 spiro atoms. The number of aliphatic hydroxyl groups excluding tert-OH is 3. The molecule has 1 aliphatic heterocycles. The maximum atomic E-state index is 12.2. The first-order chi connectivity index (χ1) is 14.2. The highest BCUT2D eigenvalue weighted by Gasteiger charge is 2.51. The van der Waals surface area contributed by atoms with Crippen molar-refractivity contribution >= 4 is 18.7 Å². The van der Waals surface area contributed by atoms with E-state index >= 15 is 0 Å². The summed E-state index contributed by atoms with van der Waals surface area (Å²) in [4.78, 5) is 12.2. The Morgan fingerprint density at radius 2 is 1.37 bits per heavy atom. The van der Waals surface area contributed by atoms with Crippen molar-refractivity contribution in [1.82, 2.24) is 0 Å². The van der Waals surface area contributed by atoms with E-state index in [0.717, 1.165) is 10.4 Å². The Hall–Kier alpha value is -1.58. The summed E-state index contributed by atoms with van der Waals surface area (Å²) in [6.07, 6.45) is -4.67. The van der Waals surface area contributed by atoms with E-state index in [9.17, 15) is 20.1 Å². The number of ether oxygens (including phenoxy) is 2. The highest BCUT2D eigenvalue weighted by atomic mass is 28.4. The van der Waals surface area contributed by atoms with Gasteiger partial charge in [-0.25, -0.2) is 0 Å². The quantitative estimate of drug-likeness (QED) is 0.482. The molecule has 164 valence electrons. The highest BCUT2D eigenvalue weighted by Crippen LogP contribution is 2.41. The maximum absolute atomic E-state index is 12.2. The van der Waals surface area contributed by atoms with Gasteiger partial charge in [-0.3, -0.25) is 0 Å². The van der Waals surface area contributed by atoms with Crippen LogP contribution in [-0.4, -0.2) is 66.2 Å². The van der Waals surface area contributed by atoms with Gasteiger partial charge < -0.3 is 29.6 Å². The molecule has 6 nitrogen and oxygen atoms in total. The Kier molecular flexibility index (Phi) is 7.14. The summed E-state index contributed by atoms with van der Waals surface area (Å²) in [6, 6.07) is 19.5. The van der Waals surface area contributed by atoms with Crippen LogP contribution in [-0.2, 0) is 9.47 Å². The number of aliphatic hydroxyl groups is 3. The van der Waals surface area contributed by atoms with E-state index in [-0.39, 0.29) is 0 Å². The Balaban J connectivity index is 1.88. The van der Waals surface area contributed by atoms with Gasteiger partial charge in [-0.1, -0.05) is 74.5 Å². The second-order valence-corrected chi connectivity index (χ2v) is 12.5. The van der Waals surface area contributed by atoms with E-state index in [1.807, 2.05) is 74.5 Å². The number of hydrogen-bond donors (Lipinski definition) is 4. The molecular weight excluding hydrogens is 400 g/mol. The van der Waals surface area contributed by atoms with Gasteiger partial charge in [0.1, 0.15) is 18.3 Å². The van der Waals surface area contributed by atoms with Crippen molar-refractivity contribution in [3.05, 3.63) is 60.7 Å². The summed E-state index contributed by atoms with van der Waals surface area (Å²) < 4.78 is 10.8. The number of benzene rings is 2. The van der Waals surface area contributed by atoms with E-state index in [1.54, 1.807) is 0 Å². The van der Waals surface area contributed by atoms with Crippen molar-refractivity contribution in [2.24, 2.45) is 0 Å². The van der Waals surface area contributed by atoms with E-state index in [4.69, 9.17) is 9.47 Å². The summed E-state index contributed by atoms with van der Waals surface area (Å²) in [5.74, 6) is 0. The average molecular weight is 433 g/mol. The van der Waals surface area contributed by atoms with Crippen molar-refractivity contribution in [2.45, 2.75) is 62.4 Å². The van der Waals surface area contributed by atoms with Crippen molar-refractivity contribution in [2.75, 3.05) is 7.11 Å². The smallest absolute Gasteiger partial charge is 0.258 e. The van der Waals surface area contributed by atoms with Crippen LogP contribution in [0.4, 0.5) is 0 Å². The van der Waals surface area contributed by atoms with Crippen molar-refractivity contribution in [3.63, 3.8) is 0 Å². The largest absolute Gasteiger partial charge is 0.424 e. The lowest BCUT2D eigenvalue weighted by molar-refractivity contribution is -0.291. The molecule has 2 aromatic carbocycles. The fraction of sp³-hybridized carbons (Fsp3) is 0.478. The van der Waals surface area contributed by atoms with E-state index < -0.39 is 44.1 Å². The lowest BCUT2D eigenvalue weighted by atomic mass is 9.93. The minimum Gasteiger partial charge on any atom is -0.424 e. The zero-order chi connectivity index (χ0) is 21.9. The molecule has 0 aromatic heterocycles. The number of rotatable bonds is 7. The van der Waals surface area contributed by atoms with Crippen LogP contribution in [0, 0.1) is 0 Å². The van der Waals surface area contributed by atoms with E-state index in [2.05, 4.69) is 0 Å². The van der Waals surface area contributed by atoms with Crippen molar-refractivity contribution < 1.29 is 29.6 Å².